The summed E-state index contributed by atoms with van der Waals surface area (Å²) in [6.45, 7) is 4.38. The number of carbonyl (C=O) groups excluding carboxylic acids is 2. The summed E-state index contributed by atoms with van der Waals surface area (Å²) >= 11 is 0. The SMILES string of the molecule is CCOC(=O)C1CC(C)C(C2CC(OC)CC3CCCCC32)CC1=O. The minimum Gasteiger partial charge on any atom is -0.465 e. The average molecular weight is 350 g/mol. The lowest BCUT2D eigenvalue weighted by Crippen LogP contribution is -2.46. The molecule has 0 aliphatic heterocycles. The average Bonchev–Trinajstić information content (AvgIpc) is 2.62. The van der Waals surface area contributed by atoms with E-state index in [2.05, 4.69) is 6.92 Å². The van der Waals surface area contributed by atoms with Crippen LogP contribution in [-0.4, -0.2) is 31.6 Å². The second-order valence-electron chi connectivity index (χ2n) is 8.55. The van der Waals surface area contributed by atoms with Crippen LogP contribution in [0.15, 0.2) is 0 Å². The van der Waals surface area contributed by atoms with Crippen molar-refractivity contribution in [2.45, 2.75) is 71.3 Å². The summed E-state index contributed by atoms with van der Waals surface area (Å²) in [7, 11) is 1.83. The van der Waals surface area contributed by atoms with E-state index in [-0.39, 0.29) is 11.8 Å². The standard InChI is InChI=1S/C21H34O4/c1-4-25-21(23)19-9-13(2)17(12-20(19)22)18-11-15(24-3)10-14-7-5-6-8-16(14)18/h13-19H,4-12H2,1-3H3. The summed E-state index contributed by atoms with van der Waals surface area (Å²) in [5.74, 6) is 2.15. The molecule has 3 aliphatic carbocycles. The summed E-state index contributed by atoms with van der Waals surface area (Å²) in [6.07, 6.45) is 9.13. The summed E-state index contributed by atoms with van der Waals surface area (Å²) < 4.78 is 10.9. The molecule has 142 valence electrons. The maximum Gasteiger partial charge on any atom is 0.316 e. The van der Waals surface area contributed by atoms with Crippen molar-refractivity contribution in [2.24, 2.45) is 35.5 Å². The van der Waals surface area contributed by atoms with Crippen molar-refractivity contribution in [1.29, 1.82) is 0 Å². The van der Waals surface area contributed by atoms with Crippen LogP contribution in [0.2, 0.25) is 0 Å². The van der Waals surface area contributed by atoms with Gasteiger partial charge in [-0.2, -0.15) is 0 Å². The number of ether oxygens (including phenoxy) is 2. The van der Waals surface area contributed by atoms with Crippen molar-refractivity contribution in [3.8, 4) is 0 Å². The van der Waals surface area contributed by atoms with E-state index in [1.54, 1.807) is 6.92 Å². The largest absolute Gasteiger partial charge is 0.465 e. The lowest BCUT2D eigenvalue weighted by molar-refractivity contribution is -0.155. The molecule has 0 aromatic rings. The van der Waals surface area contributed by atoms with Gasteiger partial charge < -0.3 is 9.47 Å². The first-order valence-corrected chi connectivity index (χ1v) is 10.3. The summed E-state index contributed by atoms with van der Waals surface area (Å²) in [4.78, 5) is 24.8. The van der Waals surface area contributed by atoms with Gasteiger partial charge in [0.2, 0.25) is 0 Å². The fourth-order valence-electron chi connectivity index (χ4n) is 5.99. The van der Waals surface area contributed by atoms with Crippen molar-refractivity contribution >= 4 is 11.8 Å². The first-order chi connectivity index (χ1) is 12.0. The molecule has 7 atom stereocenters. The Labute approximate surface area is 152 Å². The zero-order valence-corrected chi connectivity index (χ0v) is 16.0. The molecule has 0 bridgehead atoms. The molecule has 3 aliphatic rings. The second kappa shape index (κ2) is 8.20. The van der Waals surface area contributed by atoms with Gasteiger partial charge in [0.05, 0.1) is 12.7 Å². The Balaban J connectivity index is 1.73. The predicted octanol–water partition coefficient (Wildman–Crippen LogP) is 4.01. The fourth-order valence-corrected chi connectivity index (χ4v) is 5.99. The van der Waals surface area contributed by atoms with Gasteiger partial charge in [-0.25, -0.2) is 0 Å². The number of esters is 1. The summed E-state index contributed by atoms with van der Waals surface area (Å²) in [5, 5.41) is 0. The zero-order chi connectivity index (χ0) is 18.0. The molecule has 25 heavy (non-hydrogen) atoms. The van der Waals surface area contributed by atoms with Crippen LogP contribution in [0.1, 0.15) is 65.2 Å². The molecule has 3 saturated carbocycles. The van der Waals surface area contributed by atoms with Gasteiger partial charge in [0.15, 0.2) is 0 Å². The van der Waals surface area contributed by atoms with Crippen LogP contribution in [0.25, 0.3) is 0 Å². The number of ketones is 1. The van der Waals surface area contributed by atoms with Gasteiger partial charge in [0.25, 0.3) is 0 Å². The predicted molar refractivity (Wildman–Crippen MR) is 96.0 cm³/mol. The first-order valence-electron chi connectivity index (χ1n) is 10.3. The van der Waals surface area contributed by atoms with E-state index in [1.165, 1.54) is 32.1 Å². The second-order valence-corrected chi connectivity index (χ2v) is 8.55. The van der Waals surface area contributed by atoms with Crippen LogP contribution in [0.5, 0.6) is 0 Å². The van der Waals surface area contributed by atoms with Crippen molar-refractivity contribution in [1.82, 2.24) is 0 Å². The molecule has 0 amide bonds. The maximum atomic E-state index is 12.7. The van der Waals surface area contributed by atoms with E-state index >= 15 is 0 Å². The molecule has 4 nitrogen and oxygen atoms in total. The highest BCUT2D eigenvalue weighted by atomic mass is 16.5. The Hall–Kier alpha value is -0.900. The third-order valence-electron chi connectivity index (χ3n) is 7.24. The fraction of sp³-hybridized carbons (Fsp3) is 0.905. The van der Waals surface area contributed by atoms with Crippen LogP contribution in [0.3, 0.4) is 0 Å². The van der Waals surface area contributed by atoms with E-state index in [0.29, 0.717) is 43.3 Å². The van der Waals surface area contributed by atoms with Crippen molar-refractivity contribution in [3.05, 3.63) is 0 Å². The quantitative estimate of drug-likeness (QED) is 0.568. The number of fused-ring (bicyclic) bond motifs is 1. The number of carbonyl (C=O) groups is 2. The third kappa shape index (κ3) is 3.94. The zero-order valence-electron chi connectivity index (χ0n) is 16.0. The van der Waals surface area contributed by atoms with E-state index in [0.717, 1.165) is 18.3 Å². The molecule has 0 heterocycles. The molecule has 0 spiro atoms. The van der Waals surface area contributed by atoms with Crippen LogP contribution in [0, 0.1) is 35.5 Å². The molecule has 3 fully saturated rings. The lowest BCUT2D eigenvalue weighted by atomic mass is 9.56. The minimum absolute atomic E-state index is 0.105. The first kappa shape index (κ1) is 18.9. The van der Waals surface area contributed by atoms with Crippen molar-refractivity contribution in [3.63, 3.8) is 0 Å². The van der Waals surface area contributed by atoms with Gasteiger partial charge in [-0.05, 0) is 62.2 Å². The van der Waals surface area contributed by atoms with E-state index in [4.69, 9.17) is 9.47 Å². The molecule has 0 N–H and O–H groups in total. The number of rotatable bonds is 4. The minimum atomic E-state index is -0.532. The number of methoxy groups -OCH3 is 1. The molecular formula is C21H34O4. The molecule has 4 heteroatoms. The Morgan fingerprint density at radius 3 is 2.56 bits per heavy atom. The number of hydrogen-bond donors (Lipinski definition) is 0. The Morgan fingerprint density at radius 2 is 1.84 bits per heavy atom. The maximum absolute atomic E-state index is 12.7. The smallest absolute Gasteiger partial charge is 0.316 e. The van der Waals surface area contributed by atoms with Gasteiger partial charge in [0, 0.05) is 13.5 Å². The molecule has 0 radical (unpaired) electrons. The Bertz CT molecular complexity index is 488. The van der Waals surface area contributed by atoms with Gasteiger partial charge in [-0.1, -0.05) is 26.2 Å². The van der Waals surface area contributed by atoms with Crippen LogP contribution < -0.4 is 0 Å². The highest BCUT2D eigenvalue weighted by molar-refractivity contribution is 5.99. The summed E-state index contributed by atoms with van der Waals surface area (Å²) in [5.41, 5.74) is 0. The van der Waals surface area contributed by atoms with Gasteiger partial charge >= 0.3 is 5.97 Å². The highest BCUT2D eigenvalue weighted by Crippen LogP contribution is 2.51. The van der Waals surface area contributed by atoms with Crippen molar-refractivity contribution in [2.75, 3.05) is 13.7 Å². The van der Waals surface area contributed by atoms with Gasteiger partial charge in [-0.15, -0.1) is 0 Å². The molecule has 0 aromatic heterocycles. The third-order valence-corrected chi connectivity index (χ3v) is 7.24. The molecular weight excluding hydrogens is 316 g/mol. The van der Waals surface area contributed by atoms with Crippen LogP contribution in [-0.2, 0) is 19.1 Å². The molecule has 0 saturated heterocycles. The topological polar surface area (TPSA) is 52.6 Å². The monoisotopic (exact) mass is 350 g/mol. The normalized spacial score (nSPS) is 41.9. The lowest BCUT2D eigenvalue weighted by Gasteiger charge is -2.49. The van der Waals surface area contributed by atoms with E-state index in [1.807, 2.05) is 7.11 Å². The molecule has 7 unspecified atom stereocenters. The number of hydrogen-bond acceptors (Lipinski definition) is 4. The Kier molecular flexibility index (Phi) is 6.19. The molecule has 0 aromatic carbocycles. The molecule has 3 rings (SSSR count). The van der Waals surface area contributed by atoms with E-state index < -0.39 is 5.92 Å². The van der Waals surface area contributed by atoms with Crippen LogP contribution in [0.4, 0.5) is 0 Å². The van der Waals surface area contributed by atoms with Crippen LogP contribution >= 0.6 is 0 Å². The highest BCUT2D eigenvalue weighted by Gasteiger charge is 2.47. The number of Topliss-reactive ketones (excluding diaryl/α,β-unsaturated/α-hetero) is 1. The van der Waals surface area contributed by atoms with Gasteiger partial charge in [-0.3, -0.25) is 9.59 Å². The van der Waals surface area contributed by atoms with E-state index in [9.17, 15) is 9.59 Å². The Morgan fingerprint density at radius 1 is 1.08 bits per heavy atom. The van der Waals surface area contributed by atoms with Gasteiger partial charge in [0.1, 0.15) is 11.7 Å². The van der Waals surface area contributed by atoms with Crippen molar-refractivity contribution < 1.29 is 19.1 Å². The summed E-state index contributed by atoms with van der Waals surface area (Å²) in [6, 6.07) is 0.